The number of nitrogens with zero attached hydrogens (tertiary/aromatic N) is 1. The van der Waals surface area contributed by atoms with Crippen LogP contribution in [0.15, 0.2) is 47.4 Å². The minimum atomic E-state index is -1.07. The van der Waals surface area contributed by atoms with Gasteiger partial charge in [-0.1, -0.05) is 42.2 Å². The van der Waals surface area contributed by atoms with E-state index < -0.39 is 5.97 Å². The summed E-state index contributed by atoms with van der Waals surface area (Å²) in [6, 6.07) is 11.5. The van der Waals surface area contributed by atoms with Crippen LogP contribution >= 0.6 is 24.0 Å². The van der Waals surface area contributed by atoms with Crippen molar-refractivity contribution in [2.75, 3.05) is 19.1 Å². The van der Waals surface area contributed by atoms with E-state index in [0.717, 1.165) is 11.8 Å². The summed E-state index contributed by atoms with van der Waals surface area (Å²) in [6.07, 6.45) is 1.68. The van der Waals surface area contributed by atoms with Gasteiger partial charge in [0.15, 0.2) is 15.8 Å². The highest BCUT2D eigenvalue weighted by Gasteiger charge is 2.33. The van der Waals surface area contributed by atoms with Crippen molar-refractivity contribution in [3.63, 3.8) is 0 Å². The number of benzene rings is 2. The molecule has 138 valence electrons. The number of para-hydroxylation sites is 1. The lowest BCUT2D eigenvalue weighted by molar-refractivity contribution is -0.113. The molecule has 1 saturated heterocycles. The molecule has 6 nitrogen and oxygen atoms in total. The summed E-state index contributed by atoms with van der Waals surface area (Å²) in [5.41, 5.74) is 1.18. The number of carboxylic acids is 1. The molecule has 27 heavy (non-hydrogen) atoms. The van der Waals surface area contributed by atoms with Crippen LogP contribution in [0.3, 0.4) is 0 Å². The van der Waals surface area contributed by atoms with Crippen molar-refractivity contribution in [2.24, 2.45) is 0 Å². The van der Waals surface area contributed by atoms with Crippen LogP contribution in [0.2, 0.25) is 0 Å². The zero-order valence-electron chi connectivity index (χ0n) is 14.5. The van der Waals surface area contributed by atoms with Crippen LogP contribution in [0, 0.1) is 0 Å². The number of hydrogen-bond donors (Lipinski definition) is 1. The number of carbonyl (C=O) groups is 2. The number of carbonyl (C=O) groups excluding carboxylic acids is 1. The maximum absolute atomic E-state index is 12.9. The van der Waals surface area contributed by atoms with E-state index in [2.05, 4.69) is 0 Å². The second kappa shape index (κ2) is 7.81. The molecule has 8 heteroatoms. The highest BCUT2D eigenvalue weighted by molar-refractivity contribution is 8.27. The van der Waals surface area contributed by atoms with Gasteiger partial charge in [0.05, 0.1) is 30.4 Å². The largest absolute Gasteiger partial charge is 0.493 e. The molecule has 0 atom stereocenters. The van der Waals surface area contributed by atoms with Gasteiger partial charge in [0, 0.05) is 5.56 Å². The quantitative estimate of drug-likeness (QED) is 0.603. The number of anilines is 1. The Kier molecular flexibility index (Phi) is 5.48. The summed E-state index contributed by atoms with van der Waals surface area (Å²) in [6.45, 7) is 0. The maximum atomic E-state index is 12.9. The minimum absolute atomic E-state index is 0.0833. The van der Waals surface area contributed by atoms with Crippen molar-refractivity contribution in [1.82, 2.24) is 0 Å². The van der Waals surface area contributed by atoms with Gasteiger partial charge in [0.25, 0.3) is 5.91 Å². The van der Waals surface area contributed by atoms with Gasteiger partial charge >= 0.3 is 5.97 Å². The van der Waals surface area contributed by atoms with Gasteiger partial charge in [-0.3, -0.25) is 9.69 Å². The third kappa shape index (κ3) is 3.67. The highest BCUT2D eigenvalue weighted by Crippen LogP contribution is 2.39. The fourth-order valence-electron chi connectivity index (χ4n) is 2.64. The van der Waals surface area contributed by atoms with Crippen LogP contribution in [0.4, 0.5) is 5.69 Å². The number of thioether (sulfide) groups is 1. The maximum Gasteiger partial charge on any atom is 0.335 e. The van der Waals surface area contributed by atoms with Crippen molar-refractivity contribution >= 4 is 51.9 Å². The Bertz CT molecular complexity index is 970. The molecular weight excluding hydrogens is 386 g/mol. The Balaban J connectivity index is 1.99. The van der Waals surface area contributed by atoms with Crippen molar-refractivity contribution in [3.05, 3.63) is 58.5 Å². The van der Waals surface area contributed by atoms with Gasteiger partial charge in [-0.2, -0.15) is 0 Å². The molecule has 1 fully saturated rings. The summed E-state index contributed by atoms with van der Waals surface area (Å²) >= 11 is 6.48. The Morgan fingerprint density at radius 3 is 2.59 bits per heavy atom. The lowest BCUT2D eigenvalue weighted by Gasteiger charge is -2.15. The fourth-order valence-corrected chi connectivity index (χ4v) is 3.93. The van der Waals surface area contributed by atoms with Crippen LogP contribution in [-0.2, 0) is 4.79 Å². The average Bonchev–Trinajstić information content (AvgIpc) is 2.94. The molecule has 1 N–H and O–H groups in total. The first-order valence-corrected chi connectivity index (χ1v) is 9.01. The van der Waals surface area contributed by atoms with Crippen molar-refractivity contribution in [3.8, 4) is 11.5 Å². The smallest absolute Gasteiger partial charge is 0.335 e. The van der Waals surface area contributed by atoms with Crippen LogP contribution in [0.1, 0.15) is 15.9 Å². The summed E-state index contributed by atoms with van der Waals surface area (Å²) < 4.78 is 11.0. The first-order chi connectivity index (χ1) is 13.0. The second-order valence-corrected chi connectivity index (χ2v) is 7.13. The van der Waals surface area contributed by atoms with Crippen LogP contribution in [0.25, 0.3) is 6.08 Å². The van der Waals surface area contributed by atoms with Crippen molar-refractivity contribution in [1.29, 1.82) is 0 Å². The number of thiocarbonyl (C=S) groups is 1. The Hall–Kier alpha value is -2.84. The van der Waals surface area contributed by atoms with Crippen LogP contribution in [-0.4, -0.2) is 35.5 Å². The third-order valence-corrected chi connectivity index (χ3v) is 5.17. The summed E-state index contributed by atoms with van der Waals surface area (Å²) in [5, 5.41) is 9.16. The SMILES string of the molecule is COc1cccc(/C=C2/SC(=S)N(c3cccc(C(=O)O)c3)C2=O)c1OC. The number of methoxy groups -OCH3 is 2. The molecule has 0 saturated carbocycles. The Morgan fingerprint density at radius 2 is 1.93 bits per heavy atom. The number of rotatable bonds is 5. The molecule has 1 aliphatic rings. The van der Waals surface area contributed by atoms with E-state index in [9.17, 15) is 9.59 Å². The lowest BCUT2D eigenvalue weighted by atomic mass is 10.1. The number of ether oxygens (including phenoxy) is 2. The summed E-state index contributed by atoms with van der Waals surface area (Å²) in [5.74, 6) is -0.328. The topological polar surface area (TPSA) is 76.1 Å². The van der Waals surface area contributed by atoms with E-state index in [0.29, 0.717) is 32.0 Å². The number of aromatic carboxylic acids is 1. The molecule has 0 aromatic heterocycles. The normalized spacial score (nSPS) is 15.3. The monoisotopic (exact) mass is 401 g/mol. The van der Waals surface area contributed by atoms with Gasteiger partial charge in [-0.05, 0) is 30.3 Å². The summed E-state index contributed by atoms with van der Waals surface area (Å²) in [7, 11) is 3.06. The molecule has 0 unspecified atom stereocenters. The predicted octanol–water partition coefficient (Wildman–Crippen LogP) is 3.81. The predicted molar refractivity (Wildman–Crippen MR) is 109 cm³/mol. The van der Waals surface area contributed by atoms with Crippen LogP contribution < -0.4 is 14.4 Å². The molecule has 0 bridgehead atoms. The van der Waals surface area contributed by atoms with E-state index in [1.807, 2.05) is 0 Å². The first-order valence-electron chi connectivity index (χ1n) is 7.78. The molecule has 1 amide bonds. The molecule has 2 aromatic carbocycles. The van der Waals surface area contributed by atoms with E-state index in [1.54, 1.807) is 36.4 Å². The Labute approximate surface area is 165 Å². The van der Waals surface area contributed by atoms with Gasteiger partial charge in [-0.25, -0.2) is 4.79 Å². The zero-order chi connectivity index (χ0) is 19.6. The molecule has 1 heterocycles. The molecule has 3 rings (SSSR count). The van der Waals surface area contributed by atoms with E-state index in [1.165, 1.54) is 31.3 Å². The number of hydrogen-bond acceptors (Lipinski definition) is 6. The molecule has 0 radical (unpaired) electrons. The minimum Gasteiger partial charge on any atom is -0.493 e. The van der Waals surface area contributed by atoms with Gasteiger partial charge in [0.1, 0.15) is 0 Å². The fraction of sp³-hybridized carbons (Fsp3) is 0.105. The standard InChI is InChI=1S/C19H15NO5S2/c1-24-14-8-4-5-11(16(14)25-2)10-15-17(21)20(19(26)27-15)13-7-3-6-12(9-13)18(22)23/h3-10H,1-2H3,(H,22,23)/b15-10+. The zero-order valence-corrected chi connectivity index (χ0v) is 16.1. The van der Waals surface area contributed by atoms with E-state index in [4.69, 9.17) is 26.8 Å². The number of carboxylic acid groups (broad SMARTS) is 1. The molecule has 1 aliphatic heterocycles. The number of amides is 1. The van der Waals surface area contributed by atoms with Crippen molar-refractivity contribution < 1.29 is 24.2 Å². The molecular formula is C19H15NO5S2. The summed E-state index contributed by atoms with van der Waals surface area (Å²) in [4.78, 5) is 25.8. The van der Waals surface area contributed by atoms with Gasteiger partial charge in [0.2, 0.25) is 0 Å². The molecule has 0 aliphatic carbocycles. The van der Waals surface area contributed by atoms with Gasteiger partial charge < -0.3 is 14.6 Å². The molecule has 0 spiro atoms. The van der Waals surface area contributed by atoms with E-state index >= 15 is 0 Å². The third-order valence-electron chi connectivity index (χ3n) is 3.87. The second-order valence-electron chi connectivity index (χ2n) is 5.46. The lowest BCUT2D eigenvalue weighted by Crippen LogP contribution is -2.27. The first kappa shape index (κ1) is 18.9. The molecule has 2 aromatic rings. The average molecular weight is 401 g/mol. The van der Waals surface area contributed by atoms with E-state index in [-0.39, 0.29) is 11.5 Å². The van der Waals surface area contributed by atoms with Crippen molar-refractivity contribution in [2.45, 2.75) is 0 Å². The van der Waals surface area contributed by atoms with Crippen LogP contribution in [0.5, 0.6) is 11.5 Å². The van der Waals surface area contributed by atoms with Gasteiger partial charge in [-0.15, -0.1) is 0 Å². The Morgan fingerprint density at radius 1 is 1.19 bits per heavy atom. The highest BCUT2D eigenvalue weighted by atomic mass is 32.2.